The van der Waals surface area contributed by atoms with Gasteiger partial charge in [0.2, 0.25) is 5.91 Å². The third-order valence-electron chi connectivity index (χ3n) is 6.35. The number of nitrogens with one attached hydrogen (secondary N) is 2. The van der Waals surface area contributed by atoms with Crippen LogP contribution in [0.2, 0.25) is 0 Å². The summed E-state index contributed by atoms with van der Waals surface area (Å²) in [6.45, 7) is -0.422. The minimum atomic E-state index is -4.90. The number of carbonyl (C=O) groups is 3. The molecule has 10 heteroatoms. The van der Waals surface area contributed by atoms with Crippen molar-refractivity contribution in [3.8, 4) is 11.1 Å². The zero-order chi connectivity index (χ0) is 24.5. The molecule has 0 radical (unpaired) electrons. The van der Waals surface area contributed by atoms with Gasteiger partial charge in [0.05, 0.1) is 11.8 Å². The molecule has 3 N–H and O–H groups in total. The van der Waals surface area contributed by atoms with Gasteiger partial charge in [-0.15, -0.1) is 0 Å². The summed E-state index contributed by atoms with van der Waals surface area (Å²) in [5, 5.41) is 13.1. The Kier molecular flexibility index (Phi) is 6.24. The van der Waals surface area contributed by atoms with E-state index in [1.54, 1.807) is 5.32 Å². The van der Waals surface area contributed by atoms with Gasteiger partial charge in [-0.05, 0) is 35.1 Å². The highest BCUT2D eigenvalue weighted by Crippen LogP contribution is 2.45. The van der Waals surface area contributed by atoms with Crippen molar-refractivity contribution in [2.45, 2.75) is 37.4 Å². The number of fused-ring (bicyclic) bond motifs is 3. The van der Waals surface area contributed by atoms with Crippen molar-refractivity contribution >= 4 is 18.0 Å². The molecule has 1 atom stereocenters. The van der Waals surface area contributed by atoms with E-state index in [0.717, 1.165) is 22.3 Å². The van der Waals surface area contributed by atoms with Gasteiger partial charge in [-0.1, -0.05) is 48.5 Å². The van der Waals surface area contributed by atoms with Crippen LogP contribution in [-0.2, 0) is 14.3 Å². The fourth-order valence-electron chi connectivity index (χ4n) is 4.17. The van der Waals surface area contributed by atoms with E-state index >= 15 is 0 Å². The Morgan fingerprint density at radius 2 is 1.59 bits per heavy atom. The Balaban J connectivity index is 1.36. The molecule has 34 heavy (non-hydrogen) atoms. The average Bonchev–Trinajstić information content (AvgIpc) is 3.53. The molecular weight excluding hydrogens is 453 g/mol. The summed E-state index contributed by atoms with van der Waals surface area (Å²) in [5.41, 5.74) is 2.67. The van der Waals surface area contributed by atoms with Gasteiger partial charge < -0.3 is 20.5 Å². The number of alkyl carbamates (subject to hydrolysis) is 1. The van der Waals surface area contributed by atoms with Crippen LogP contribution < -0.4 is 10.6 Å². The summed E-state index contributed by atoms with van der Waals surface area (Å²) in [6.07, 6.45) is -6.57. The summed E-state index contributed by atoms with van der Waals surface area (Å²) < 4.78 is 45.5. The van der Waals surface area contributed by atoms with Crippen molar-refractivity contribution < 1.29 is 37.4 Å². The lowest BCUT2D eigenvalue weighted by Crippen LogP contribution is -2.49. The summed E-state index contributed by atoms with van der Waals surface area (Å²) in [7, 11) is 0. The Morgan fingerprint density at radius 1 is 1.03 bits per heavy atom. The highest BCUT2D eigenvalue weighted by atomic mass is 19.4. The summed E-state index contributed by atoms with van der Waals surface area (Å²) in [5.74, 6) is -2.43. The van der Waals surface area contributed by atoms with Crippen LogP contribution in [0, 0.1) is 5.41 Å². The van der Waals surface area contributed by atoms with Crippen LogP contribution in [0.1, 0.15) is 36.3 Å². The van der Waals surface area contributed by atoms with Crippen molar-refractivity contribution in [2.75, 3.05) is 13.2 Å². The van der Waals surface area contributed by atoms with Gasteiger partial charge in [0, 0.05) is 12.5 Å². The van der Waals surface area contributed by atoms with Gasteiger partial charge in [0.1, 0.15) is 12.6 Å². The number of alkyl halides is 3. The molecular formula is C24H23F3N2O5. The van der Waals surface area contributed by atoms with Crippen LogP contribution in [0.4, 0.5) is 18.0 Å². The number of hydrogen-bond acceptors (Lipinski definition) is 4. The van der Waals surface area contributed by atoms with E-state index in [4.69, 9.17) is 9.84 Å². The van der Waals surface area contributed by atoms with Crippen LogP contribution in [0.5, 0.6) is 0 Å². The number of carbonyl (C=O) groups excluding carboxylic acids is 2. The zero-order valence-electron chi connectivity index (χ0n) is 18.0. The van der Waals surface area contributed by atoms with E-state index in [1.807, 2.05) is 48.5 Å². The van der Waals surface area contributed by atoms with E-state index in [1.165, 1.54) is 0 Å². The van der Waals surface area contributed by atoms with E-state index in [-0.39, 0.29) is 19.1 Å². The fraction of sp³-hybridized carbons (Fsp3) is 0.375. The number of aliphatic carboxylic acids is 1. The topological polar surface area (TPSA) is 105 Å². The van der Waals surface area contributed by atoms with Gasteiger partial charge in [-0.25, -0.2) is 4.79 Å². The lowest BCUT2D eigenvalue weighted by molar-refractivity contribution is -0.160. The molecule has 0 heterocycles. The first-order valence-electron chi connectivity index (χ1n) is 10.8. The monoisotopic (exact) mass is 476 g/mol. The third kappa shape index (κ3) is 4.85. The van der Waals surface area contributed by atoms with Gasteiger partial charge >= 0.3 is 18.2 Å². The second-order valence-corrected chi connectivity index (χ2v) is 8.63. The molecule has 2 aliphatic rings. The Bertz CT molecular complexity index is 1070. The number of hydrogen-bond donors (Lipinski definition) is 3. The molecule has 1 saturated carbocycles. The molecule has 180 valence electrons. The van der Waals surface area contributed by atoms with E-state index in [0.29, 0.717) is 12.8 Å². The second-order valence-electron chi connectivity index (χ2n) is 8.63. The molecule has 2 aliphatic carbocycles. The average molecular weight is 476 g/mol. The van der Waals surface area contributed by atoms with Crippen LogP contribution >= 0.6 is 0 Å². The third-order valence-corrected chi connectivity index (χ3v) is 6.35. The van der Waals surface area contributed by atoms with Crippen molar-refractivity contribution in [3.05, 3.63) is 59.7 Å². The maximum absolute atomic E-state index is 13.4. The summed E-state index contributed by atoms with van der Waals surface area (Å²) in [4.78, 5) is 35.4. The minimum absolute atomic E-state index is 0.169. The van der Waals surface area contributed by atoms with Crippen molar-refractivity contribution in [1.82, 2.24) is 10.6 Å². The molecule has 2 aromatic carbocycles. The Morgan fingerprint density at radius 3 is 2.09 bits per heavy atom. The quantitative estimate of drug-likeness (QED) is 0.537. The summed E-state index contributed by atoms with van der Waals surface area (Å²) >= 11 is 0. The Hall–Kier alpha value is -3.56. The molecule has 4 rings (SSSR count). The van der Waals surface area contributed by atoms with E-state index in [2.05, 4.69) is 5.32 Å². The Labute approximate surface area is 193 Å². The van der Waals surface area contributed by atoms with Crippen LogP contribution in [-0.4, -0.2) is 48.4 Å². The van der Waals surface area contributed by atoms with Crippen LogP contribution in [0.3, 0.4) is 0 Å². The largest absolute Gasteiger partial charge is 0.481 e. The number of halogens is 3. The van der Waals surface area contributed by atoms with Crippen LogP contribution in [0.25, 0.3) is 11.1 Å². The molecule has 2 aromatic rings. The SMILES string of the molecule is O=C(CC(NC(=O)OCC1c2ccccc2-c2ccccc21)C(F)(F)F)NCC1(C(=O)O)CC1. The van der Waals surface area contributed by atoms with Crippen molar-refractivity contribution in [3.63, 3.8) is 0 Å². The fourth-order valence-corrected chi connectivity index (χ4v) is 4.17. The maximum Gasteiger partial charge on any atom is 0.409 e. The lowest BCUT2D eigenvalue weighted by Gasteiger charge is -2.22. The number of carboxylic acid groups (broad SMARTS) is 1. The normalized spacial score (nSPS) is 16.7. The molecule has 0 spiro atoms. The second kappa shape index (κ2) is 9.00. The molecule has 7 nitrogen and oxygen atoms in total. The number of carboxylic acids is 1. The molecule has 1 unspecified atom stereocenters. The minimum Gasteiger partial charge on any atom is -0.481 e. The highest BCUT2D eigenvalue weighted by molar-refractivity contribution is 5.82. The van der Waals surface area contributed by atoms with Gasteiger partial charge in [-0.3, -0.25) is 9.59 Å². The molecule has 0 aromatic heterocycles. The first-order valence-corrected chi connectivity index (χ1v) is 10.8. The first kappa shape index (κ1) is 23.6. The number of amides is 2. The van der Waals surface area contributed by atoms with Gasteiger partial charge in [-0.2, -0.15) is 13.2 Å². The smallest absolute Gasteiger partial charge is 0.409 e. The lowest BCUT2D eigenvalue weighted by atomic mass is 9.98. The molecule has 0 saturated heterocycles. The van der Waals surface area contributed by atoms with E-state index in [9.17, 15) is 27.6 Å². The maximum atomic E-state index is 13.4. The zero-order valence-corrected chi connectivity index (χ0v) is 18.0. The van der Waals surface area contributed by atoms with Gasteiger partial charge in [0.25, 0.3) is 0 Å². The number of rotatable bonds is 8. The first-order chi connectivity index (χ1) is 16.1. The van der Waals surface area contributed by atoms with Crippen molar-refractivity contribution in [2.24, 2.45) is 5.41 Å². The number of ether oxygens (including phenoxy) is 1. The molecule has 0 aliphatic heterocycles. The standard InChI is InChI=1S/C24H23F3N2O5/c25-24(26,27)19(11-20(30)28-13-23(9-10-23)21(31)32)29-22(33)34-12-18-16-7-3-1-5-14(16)15-6-2-4-8-17(15)18/h1-8,18-19H,9-13H2,(H,28,30)(H,29,33)(H,31,32). The predicted octanol–water partition coefficient (Wildman–Crippen LogP) is 3.83. The molecule has 0 bridgehead atoms. The molecule has 2 amide bonds. The van der Waals surface area contributed by atoms with Crippen molar-refractivity contribution in [1.29, 1.82) is 0 Å². The van der Waals surface area contributed by atoms with Crippen LogP contribution in [0.15, 0.2) is 48.5 Å². The highest BCUT2D eigenvalue weighted by Gasteiger charge is 2.50. The predicted molar refractivity (Wildman–Crippen MR) is 115 cm³/mol. The molecule has 1 fully saturated rings. The summed E-state index contributed by atoms with van der Waals surface area (Å²) in [6, 6.07) is 12.6. The van der Waals surface area contributed by atoms with E-state index < -0.39 is 42.0 Å². The van der Waals surface area contributed by atoms with Gasteiger partial charge in [0.15, 0.2) is 0 Å². The number of benzene rings is 2.